The van der Waals surface area contributed by atoms with Gasteiger partial charge in [0, 0.05) is 18.5 Å². The summed E-state index contributed by atoms with van der Waals surface area (Å²) < 4.78 is 33.2. The molecular weight excluding hydrogens is 428 g/mol. The lowest BCUT2D eigenvalue weighted by Gasteiger charge is -2.32. The summed E-state index contributed by atoms with van der Waals surface area (Å²) in [6, 6.07) is 11.6. The predicted octanol–water partition coefficient (Wildman–Crippen LogP) is 3.92. The summed E-state index contributed by atoms with van der Waals surface area (Å²) in [6.45, 7) is 3.30. The van der Waals surface area contributed by atoms with Gasteiger partial charge in [-0.15, -0.1) is 0 Å². The van der Waals surface area contributed by atoms with Crippen molar-refractivity contribution in [3.8, 4) is 0 Å². The van der Waals surface area contributed by atoms with Crippen LogP contribution in [-0.2, 0) is 14.3 Å². The van der Waals surface area contributed by atoms with Crippen LogP contribution in [0.2, 0.25) is 0 Å². The third-order valence-corrected chi connectivity index (χ3v) is 6.09. The van der Waals surface area contributed by atoms with Crippen LogP contribution in [0.5, 0.6) is 0 Å². The number of carbonyl (C=O) groups is 2. The van der Waals surface area contributed by atoms with E-state index in [9.17, 15) is 18.4 Å². The zero-order chi connectivity index (χ0) is 23.4. The molecule has 6 nitrogen and oxygen atoms in total. The average Bonchev–Trinajstić information content (AvgIpc) is 3.25. The second-order valence-corrected chi connectivity index (χ2v) is 8.36. The number of carbonyl (C=O) groups excluding carboxylic acids is 2. The highest BCUT2D eigenvalue weighted by Crippen LogP contribution is 2.34. The number of hydrogen-bond acceptors (Lipinski definition) is 5. The maximum atomic E-state index is 14.6. The predicted molar refractivity (Wildman–Crippen MR) is 119 cm³/mol. The molecule has 0 saturated carbocycles. The van der Waals surface area contributed by atoms with Crippen molar-refractivity contribution in [2.24, 2.45) is 11.0 Å². The van der Waals surface area contributed by atoms with Crippen LogP contribution in [0.3, 0.4) is 0 Å². The second-order valence-electron chi connectivity index (χ2n) is 8.36. The molecular formula is C25H27F2N3O3. The summed E-state index contributed by atoms with van der Waals surface area (Å²) in [5, 5.41) is 5.87. The topological polar surface area (TPSA) is 62.2 Å². The minimum Gasteiger partial charge on any atom is -0.466 e. The minimum atomic E-state index is -0.593. The van der Waals surface area contributed by atoms with Gasteiger partial charge in [-0.2, -0.15) is 5.10 Å². The highest BCUT2D eigenvalue weighted by atomic mass is 19.1. The molecule has 1 saturated heterocycles. The van der Waals surface area contributed by atoms with Gasteiger partial charge in [0.25, 0.3) is 5.91 Å². The summed E-state index contributed by atoms with van der Waals surface area (Å²) >= 11 is 0. The molecule has 2 aromatic carbocycles. The van der Waals surface area contributed by atoms with Crippen LogP contribution in [0.1, 0.15) is 43.4 Å². The van der Waals surface area contributed by atoms with Gasteiger partial charge in [0.05, 0.1) is 30.8 Å². The molecule has 0 aliphatic carbocycles. The van der Waals surface area contributed by atoms with Gasteiger partial charge in [0.2, 0.25) is 0 Å². The molecule has 0 spiro atoms. The third kappa shape index (κ3) is 5.27. The van der Waals surface area contributed by atoms with Crippen LogP contribution < -0.4 is 0 Å². The molecule has 0 unspecified atom stereocenters. The standard InChI is InChI=1S/C25H27F2N3O3/c1-2-33-25(32)18-6-5-13-29(15-18)16-24(31)30-23(20-7-3-4-8-21(20)27)14-22(28-30)17-9-11-19(26)12-10-17/h3-4,7-12,18,23H,2,5-6,13-16H2,1H3/t18-,23+/m0/s1. The van der Waals surface area contributed by atoms with E-state index < -0.39 is 11.9 Å². The van der Waals surface area contributed by atoms with Crippen molar-refractivity contribution in [1.82, 2.24) is 9.91 Å². The Hall–Kier alpha value is -3.13. The van der Waals surface area contributed by atoms with E-state index in [1.807, 2.05) is 4.90 Å². The number of esters is 1. The molecule has 2 aromatic rings. The molecule has 2 aliphatic rings. The number of benzene rings is 2. The van der Waals surface area contributed by atoms with E-state index in [0.29, 0.717) is 43.0 Å². The summed E-state index contributed by atoms with van der Waals surface area (Å²) in [5.74, 6) is -1.54. The Bertz CT molecular complexity index is 1040. The molecule has 0 bridgehead atoms. The van der Waals surface area contributed by atoms with Crippen molar-refractivity contribution >= 4 is 17.6 Å². The smallest absolute Gasteiger partial charge is 0.310 e. The first-order valence-corrected chi connectivity index (χ1v) is 11.2. The molecule has 2 heterocycles. The second kappa shape index (κ2) is 10.2. The van der Waals surface area contributed by atoms with Crippen LogP contribution in [0.15, 0.2) is 53.6 Å². The first-order valence-electron chi connectivity index (χ1n) is 11.2. The van der Waals surface area contributed by atoms with Gasteiger partial charge >= 0.3 is 5.97 Å². The average molecular weight is 456 g/mol. The molecule has 1 fully saturated rings. The quantitative estimate of drug-likeness (QED) is 0.620. The maximum Gasteiger partial charge on any atom is 0.310 e. The molecule has 1 amide bonds. The molecule has 2 aliphatic heterocycles. The third-order valence-electron chi connectivity index (χ3n) is 6.09. The first kappa shape index (κ1) is 23.0. The Balaban J connectivity index is 1.55. The lowest BCUT2D eigenvalue weighted by Crippen LogP contribution is -2.45. The van der Waals surface area contributed by atoms with Crippen molar-refractivity contribution in [2.75, 3.05) is 26.2 Å². The first-order chi connectivity index (χ1) is 16.0. The van der Waals surface area contributed by atoms with E-state index in [4.69, 9.17) is 4.74 Å². The van der Waals surface area contributed by atoms with Crippen LogP contribution in [0.4, 0.5) is 8.78 Å². The van der Waals surface area contributed by atoms with Gasteiger partial charge in [-0.05, 0) is 50.1 Å². The Morgan fingerprint density at radius 2 is 1.88 bits per heavy atom. The number of ether oxygens (including phenoxy) is 1. The lowest BCUT2D eigenvalue weighted by atomic mass is 9.97. The number of hydrazone groups is 1. The van der Waals surface area contributed by atoms with E-state index in [-0.39, 0.29) is 30.2 Å². The number of nitrogens with zero attached hydrogens (tertiary/aromatic N) is 3. The fourth-order valence-electron chi connectivity index (χ4n) is 4.46. The fourth-order valence-corrected chi connectivity index (χ4v) is 4.46. The number of halogens is 2. The zero-order valence-corrected chi connectivity index (χ0v) is 18.5. The van der Waals surface area contributed by atoms with E-state index >= 15 is 0 Å². The molecule has 33 heavy (non-hydrogen) atoms. The van der Waals surface area contributed by atoms with Gasteiger partial charge < -0.3 is 4.74 Å². The lowest BCUT2D eigenvalue weighted by molar-refractivity contribution is -0.150. The molecule has 0 radical (unpaired) electrons. The van der Waals surface area contributed by atoms with Gasteiger partial charge in [0.1, 0.15) is 11.6 Å². The van der Waals surface area contributed by atoms with Crippen LogP contribution in [-0.4, -0.2) is 53.7 Å². The highest BCUT2D eigenvalue weighted by Gasteiger charge is 2.36. The Kier molecular flexibility index (Phi) is 7.13. The van der Waals surface area contributed by atoms with Crippen molar-refractivity contribution in [3.63, 3.8) is 0 Å². The monoisotopic (exact) mass is 455 g/mol. The van der Waals surface area contributed by atoms with Crippen LogP contribution >= 0.6 is 0 Å². The van der Waals surface area contributed by atoms with Gasteiger partial charge in [-0.3, -0.25) is 14.5 Å². The van der Waals surface area contributed by atoms with E-state index in [0.717, 1.165) is 12.8 Å². The number of hydrogen-bond donors (Lipinski definition) is 0. The molecule has 0 aromatic heterocycles. The number of likely N-dealkylation sites (tertiary alicyclic amines) is 1. The summed E-state index contributed by atoms with van der Waals surface area (Å²) in [5.41, 5.74) is 1.67. The normalized spacial score (nSPS) is 21.1. The van der Waals surface area contributed by atoms with Gasteiger partial charge in [-0.25, -0.2) is 13.8 Å². The fraction of sp³-hybridized carbons (Fsp3) is 0.400. The van der Waals surface area contributed by atoms with Gasteiger partial charge in [-0.1, -0.05) is 30.3 Å². The molecule has 8 heteroatoms. The number of amides is 1. The molecule has 0 N–H and O–H groups in total. The van der Waals surface area contributed by atoms with E-state index in [1.54, 1.807) is 37.3 Å². The maximum absolute atomic E-state index is 14.6. The molecule has 2 atom stereocenters. The SMILES string of the molecule is CCOC(=O)[C@H]1CCCN(CC(=O)N2N=C(c3ccc(F)cc3)C[C@@H]2c2ccccc2F)C1. The van der Waals surface area contributed by atoms with Crippen molar-refractivity contribution in [3.05, 3.63) is 71.3 Å². The van der Waals surface area contributed by atoms with Crippen LogP contribution in [0.25, 0.3) is 0 Å². The number of rotatable bonds is 6. The largest absolute Gasteiger partial charge is 0.466 e. The Morgan fingerprint density at radius 1 is 1.12 bits per heavy atom. The highest BCUT2D eigenvalue weighted by molar-refractivity contribution is 6.03. The van der Waals surface area contributed by atoms with Crippen molar-refractivity contribution < 1.29 is 23.1 Å². The summed E-state index contributed by atoms with van der Waals surface area (Å²) in [7, 11) is 0. The minimum absolute atomic E-state index is 0.0705. The van der Waals surface area contributed by atoms with Gasteiger partial charge in [0.15, 0.2) is 0 Å². The zero-order valence-electron chi connectivity index (χ0n) is 18.5. The summed E-state index contributed by atoms with van der Waals surface area (Å²) in [6.07, 6.45) is 1.85. The van der Waals surface area contributed by atoms with Crippen molar-refractivity contribution in [2.45, 2.75) is 32.2 Å². The molecule has 174 valence electrons. The molecule has 4 rings (SSSR count). The Morgan fingerprint density at radius 3 is 2.61 bits per heavy atom. The van der Waals surface area contributed by atoms with Crippen LogP contribution in [0, 0.1) is 17.6 Å². The Labute approximate surface area is 191 Å². The summed E-state index contributed by atoms with van der Waals surface area (Å²) in [4.78, 5) is 27.4. The van der Waals surface area contributed by atoms with E-state index in [2.05, 4.69) is 5.10 Å². The van der Waals surface area contributed by atoms with E-state index in [1.165, 1.54) is 23.2 Å². The van der Waals surface area contributed by atoms with Crippen molar-refractivity contribution in [1.29, 1.82) is 0 Å². The number of piperidine rings is 1.